The summed E-state index contributed by atoms with van der Waals surface area (Å²) in [6, 6.07) is 3.34. The summed E-state index contributed by atoms with van der Waals surface area (Å²) in [6.07, 6.45) is 2.28. The number of anilines is 1. The second kappa shape index (κ2) is 6.04. The van der Waals surface area contributed by atoms with Gasteiger partial charge in [-0.15, -0.1) is 0 Å². The first-order chi connectivity index (χ1) is 10.6. The highest BCUT2D eigenvalue weighted by molar-refractivity contribution is 6.32. The van der Waals surface area contributed by atoms with Crippen LogP contribution in [0.3, 0.4) is 0 Å². The number of halogens is 1. The van der Waals surface area contributed by atoms with Gasteiger partial charge in [-0.05, 0) is 25.8 Å². The normalized spacial score (nSPS) is 15.5. The molecule has 0 radical (unpaired) electrons. The topological polar surface area (TPSA) is 69.4 Å². The molecule has 0 amide bonds. The minimum Gasteiger partial charge on any atom is -0.495 e. The molecule has 0 saturated heterocycles. The predicted molar refractivity (Wildman–Crippen MR) is 82.9 cm³/mol. The summed E-state index contributed by atoms with van der Waals surface area (Å²) in [7, 11) is 3.16. The molecule has 1 N–H and O–H groups in total. The lowest BCUT2D eigenvalue weighted by molar-refractivity contribution is 0.362. The summed E-state index contributed by atoms with van der Waals surface area (Å²) in [5.41, 5.74) is 0.743. The average Bonchev–Trinajstić information content (AvgIpc) is 3.24. The molecule has 0 aliphatic heterocycles. The van der Waals surface area contributed by atoms with Crippen LogP contribution in [-0.4, -0.2) is 24.4 Å². The van der Waals surface area contributed by atoms with Crippen molar-refractivity contribution in [2.45, 2.75) is 31.7 Å². The van der Waals surface area contributed by atoms with Gasteiger partial charge in [0.2, 0.25) is 5.89 Å². The summed E-state index contributed by atoms with van der Waals surface area (Å²) in [6.45, 7) is 1.95. The Morgan fingerprint density at radius 1 is 1.27 bits per heavy atom. The Hall–Kier alpha value is -1.95. The Labute approximate surface area is 133 Å². The van der Waals surface area contributed by atoms with E-state index in [1.165, 1.54) is 0 Å². The Bertz CT molecular complexity index is 670. The van der Waals surface area contributed by atoms with Gasteiger partial charge in [-0.25, -0.2) is 0 Å². The summed E-state index contributed by atoms with van der Waals surface area (Å²) >= 11 is 6.17. The van der Waals surface area contributed by atoms with Gasteiger partial charge in [0, 0.05) is 12.0 Å². The number of methoxy groups -OCH3 is 2. The number of nitrogens with one attached hydrogen (secondary N) is 1. The minimum atomic E-state index is -0.154. The molecule has 1 atom stereocenters. The molecule has 1 aromatic carbocycles. The van der Waals surface area contributed by atoms with Crippen molar-refractivity contribution in [1.82, 2.24) is 10.1 Å². The Morgan fingerprint density at radius 2 is 2.00 bits per heavy atom. The lowest BCUT2D eigenvalue weighted by Crippen LogP contribution is -2.08. The summed E-state index contributed by atoms with van der Waals surface area (Å²) in [4.78, 5) is 4.44. The third-order valence-corrected chi connectivity index (χ3v) is 3.91. The highest BCUT2D eigenvalue weighted by Crippen LogP contribution is 2.39. The van der Waals surface area contributed by atoms with E-state index in [4.69, 9.17) is 25.6 Å². The van der Waals surface area contributed by atoms with E-state index in [0.717, 1.165) is 24.4 Å². The van der Waals surface area contributed by atoms with Crippen molar-refractivity contribution < 1.29 is 14.0 Å². The van der Waals surface area contributed by atoms with E-state index in [-0.39, 0.29) is 6.04 Å². The van der Waals surface area contributed by atoms with Crippen molar-refractivity contribution in [2.75, 3.05) is 19.5 Å². The smallest absolute Gasteiger partial charge is 0.248 e. The van der Waals surface area contributed by atoms with Gasteiger partial charge in [-0.1, -0.05) is 16.8 Å². The fourth-order valence-corrected chi connectivity index (χ4v) is 2.44. The first-order valence-electron chi connectivity index (χ1n) is 7.14. The van der Waals surface area contributed by atoms with Crippen LogP contribution in [0.2, 0.25) is 5.02 Å². The lowest BCUT2D eigenvalue weighted by atomic mass is 10.2. The second-order valence-electron chi connectivity index (χ2n) is 5.32. The molecule has 118 valence electrons. The largest absolute Gasteiger partial charge is 0.495 e. The van der Waals surface area contributed by atoms with Crippen LogP contribution in [0.25, 0.3) is 0 Å². The Morgan fingerprint density at radius 3 is 2.64 bits per heavy atom. The van der Waals surface area contributed by atoms with Crippen LogP contribution in [0, 0.1) is 0 Å². The average molecular weight is 324 g/mol. The molecule has 0 spiro atoms. The van der Waals surface area contributed by atoms with E-state index in [1.807, 2.05) is 6.92 Å². The summed E-state index contributed by atoms with van der Waals surface area (Å²) in [5.74, 6) is 3.01. The van der Waals surface area contributed by atoms with E-state index in [1.54, 1.807) is 26.4 Å². The van der Waals surface area contributed by atoms with Crippen LogP contribution in [0.1, 0.15) is 43.4 Å². The van der Waals surface area contributed by atoms with Crippen LogP contribution in [0.4, 0.5) is 5.69 Å². The number of rotatable bonds is 6. The molecule has 7 heteroatoms. The van der Waals surface area contributed by atoms with Gasteiger partial charge in [0.15, 0.2) is 5.82 Å². The third-order valence-electron chi connectivity index (χ3n) is 3.62. The second-order valence-corrected chi connectivity index (χ2v) is 5.73. The number of hydrogen-bond donors (Lipinski definition) is 1. The van der Waals surface area contributed by atoms with Gasteiger partial charge < -0.3 is 19.3 Å². The molecular formula is C15H18ClN3O3. The highest BCUT2D eigenvalue weighted by Gasteiger charge is 2.29. The van der Waals surface area contributed by atoms with Crippen molar-refractivity contribution in [1.29, 1.82) is 0 Å². The van der Waals surface area contributed by atoms with Gasteiger partial charge in [0.05, 0.1) is 24.9 Å². The minimum absolute atomic E-state index is 0.154. The molecule has 1 saturated carbocycles. The zero-order valence-electron chi connectivity index (χ0n) is 12.7. The SMILES string of the molecule is COc1cc(OC)c(N[C@@H](C)c2nc(C3CC3)no2)cc1Cl. The highest BCUT2D eigenvalue weighted by atomic mass is 35.5. The molecule has 3 rings (SSSR count). The first-order valence-corrected chi connectivity index (χ1v) is 7.51. The molecule has 1 fully saturated rings. The zero-order chi connectivity index (χ0) is 15.7. The Kier molecular flexibility index (Phi) is 4.11. The number of ether oxygens (including phenoxy) is 2. The van der Waals surface area contributed by atoms with Crippen LogP contribution >= 0.6 is 11.6 Å². The molecular weight excluding hydrogens is 306 g/mol. The molecule has 0 unspecified atom stereocenters. The van der Waals surface area contributed by atoms with Crippen LogP contribution in [0.15, 0.2) is 16.7 Å². The maximum atomic E-state index is 6.17. The number of nitrogens with zero attached hydrogens (tertiary/aromatic N) is 2. The van der Waals surface area contributed by atoms with Crippen molar-refractivity contribution in [2.24, 2.45) is 0 Å². The van der Waals surface area contributed by atoms with Crippen molar-refractivity contribution in [3.63, 3.8) is 0 Å². The molecule has 22 heavy (non-hydrogen) atoms. The van der Waals surface area contributed by atoms with Crippen LogP contribution < -0.4 is 14.8 Å². The molecule has 1 heterocycles. The molecule has 6 nitrogen and oxygen atoms in total. The Balaban J connectivity index is 1.79. The molecule has 1 aromatic heterocycles. The lowest BCUT2D eigenvalue weighted by Gasteiger charge is -2.16. The summed E-state index contributed by atoms with van der Waals surface area (Å²) in [5, 5.41) is 7.81. The zero-order valence-corrected chi connectivity index (χ0v) is 13.5. The fourth-order valence-electron chi connectivity index (χ4n) is 2.20. The molecule has 1 aliphatic rings. The number of hydrogen-bond acceptors (Lipinski definition) is 6. The van der Waals surface area contributed by atoms with E-state index < -0.39 is 0 Å². The number of aromatic nitrogens is 2. The van der Waals surface area contributed by atoms with Gasteiger partial charge in [-0.3, -0.25) is 0 Å². The van der Waals surface area contributed by atoms with Crippen molar-refractivity contribution in [3.8, 4) is 11.5 Å². The predicted octanol–water partition coefficient (Wildman–Crippen LogP) is 3.79. The van der Waals surface area contributed by atoms with Gasteiger partial charge in [0.25, 0.3) is 0 Å². The first kappa shape index (κ1) is 15.0. The molecule has 1 aliphatic carbocycles. The third kappa shape index (κ3) is 2.97. The molecule has 0 bridgehead atoms. The van der Waals surface area contributed by atoms with Gasteiger partial charge >= 0.3 is 0 Å². The van der Waals surface area contributed by atoms with Crippen molar-refractivity contribution >= 4 is 17.3 Å². The van der Waals surface area contributed by atoms with Crippen LogP contribution in [-0.2, 0) is 0 Å². The van der Waals surface area contributed by atoms with Crippen molar-refractivity contribution in [3.05, 3.63) is 28.9 Å². The van der Waals surface area contributed by atoms with Gasteiger partial charge in [-0.2, -0.15) is 4.98 Å². The quantitative estimate of drug-likeness (QED) is 0.872. The fraction of sp³-hybridized carbons (Fsp3) is 0.467. The molecule has 2 aromatic rings. The van der Waals surface area contributed by atoms with Gasteiger partial charge in [0.1, 0.15) is 17.5 Å². The van der Waals surface area contributed by atoms with E-state index in [0.29, 0.717) is 28.3 Å². The standard InChI is InChI=1S/C15H18ClN3O3/c1-8(15-18-14(19-22-15)9-4-5-9)17-11-6-10(16)12(20-2)7-13(11)21-3/h6-9,17H,4-5H2,1-3H3/t8-/m0/s1. The summed E-state index contributed by atoms with van der Waals surface area (Å²) < 4.78 is 15.9. The van der Waals surface area contributed by atoms with E-state index >= 15 is 0 Å². The van der Waals surface area contributed by atoms with Crippen LogP contribution in [0.5, 0.6) is 11.5 Å². The van der Waals surface area contributed by atoms with E-state index in [9.17, 15) is 0 Å². The number of benzene rings is 1. The monoisotopic (exact) mass is 323 g/mol. The maximum Gasteiger partial charge on any atom is 0.248 e. The van der Waals surface area contributed by atoms with E-state index in [2.05, 4.69) is 15.5 Å². The maximum absolute atomic E-state index is 6.17.